The van der Waals surface area contributed by atoms with Crippen molar-refractivity contribution < 1.29 is 27.1 Å². The summed E-state index contributed by atoms with van der Waals surface area (Å²) >= 11 is 0. The Bertz CT molecular complexity index is 938. The van der Waals surface area contributed by atoms with E-state index in [1.54, 1.807) is 4.90 Å². The normalized spacial score (nSPS) is 15.3. The zero-order valence-electron chi connectivity index (χ0n) is 18.7. The van der Waals surface area contributed by atoms with Gasteiger partial charge in [-0.05, 0) is 39.0 Å². The van der Waals surface area contributed by atoms with Crippen LogP contribution in [0, 0.1) is 5.82 Å². The number of hydrogen-bond donors (Lipinski definition) is 2. The fraction of sp³-hybridized carbons (Fsp3) is 0.524. The highest BCUT2D eigenvalue weighted by atomic mass is 32.2. The van der Waals surface area contributed by atoms with Crippen molar-refractivity contribution in [2.24, 2.45) is 0 Å². The molecular formula is C21H31FN4O5S. The van der Waals surface area contributed by atoms with Gasteiger partial charge >= 0.3 is 6.09 Å². The van der Waals surface area contributed by atoms with Gasteiger partial charge in [0.2, 0.25) is 10.0 Å². The largest absolute Gasteiger partial charge is 0.444 e. The molecule has 1 aliphatic heterocycles. The van der Waals surface area contributed by atoms with Crippen molar-refractivity contribution in [1.82, 2.24) is 19.8 Å². The van der Waals surface area contributed by atoms with E-state index in [1.165, 1.54) is 12.1 Å². The highest BCUT2D eigenvalue weighted by molar-refractivity contribution is 7.89. The topological polar surface area (TPSA) is 108 Å². The number of carbonyl (C=O) groups is 2. The molecule has 2 N–H and O–H groups in total. The van der Waals surface area contributed by atoms with Gasteiger partial charge in [-0.2, -0.15) is 0 Å². The lowest BCUT2D eigenvalue weighted by Gasteiger charge is -2.35. The minimum absolute atomic E-state index is 0.0418. The average Bonchev–Trinajstić information content (AvgIpc) is 2.71. The van der Waals surface area contributed by atoms with E-state index >= 15 is 0 Å². The zero-order valence-corrected chi connectivity index (χ0v) is 19.5. The van der Waals surface area contributed by atoms with Gasteiger partial charge in [0.15, 0.2) is 0 Å². The van der Waals surface area contributed by atoms with Crippen LogP contribution in [-0.4, -0.2) is 81.6 Å². The summed E-state index contributed by atoms with van der Waals surface area (Å²) in [4.78, 5) is 27.7. The first-order valence-corrected chi connectivity index (χ1v) is 11.8. The van der Waals surface area contributed by atoms with Crippen LogP contribution in [0.15, 0.2) is 35.7 Å². The summed E-state index contributed by atoms with van der Waals surface area (Å²) in [5.41, 5.74) is -0.500. The Morgan fingerprint density at radius 1 is 1.22 bits per heavy atom. The van der Waals surface area contributed by atoms with Gasteiger partial charge in [-0.15, -0.1) is 6.58 Å². The maximum absolute atomic E-state index is 14.0. The first kappa shape index (κ1) is 25.8. The van der Waals surface area contributed by atoms with E-state index in [1.807, 2.05) is 20.8 Å². The van der Waals surface area contributed by atoms with Crippen molar-refractivity contribution >= 4 is 22.0 Å². The summed E-state index contributed by atoms with van der Waals surface area (Å²) in [6.07, 6.45) is 0.995. The number of ether oxygens (including phenoxy) is 1. The maximum atomic E-state index is 14.0. The van der Waals surface area contributed by atoms with Gasteiger partial charge in [0.25, 0.3) is 5.91 Å². The number of nitrogens with one attached hydrogen (secondary N) is 2. The Balaban J connectivity index is 1.85. The van der Waals surface area contributed by atoms with Gasteiger partial charge in [0.05, 0.1) is 0 Å². The number of benzene rings is 1. The summed E-state index contributed by atoms with van der Waals surface area (Å²) in [5, 5.41) is 2.71. The molecule has 0 unspecified atom stereocenters. The third kappa shape index (κ3) is 7.57. The second kappa shape index (κ2) is 10.9. The molecule has 1 heterocycles. The predicted molar refractivity (Wildman–Crippen MR) is 118 cm³/mol. The number of hydrogen-bond acceptors (Lipinski definition) is 6. The number of amides is 2. The molecule has 1 aliphatic rings. The standard InChI is InChI=1S/C21H31FN4O5S/c1-5-8-24-32(29,30)18-15-16(6-7-17(18)22)19(27)23-9-10-25-11-13-26(14-12-25)20(28)31-21(2,3)4/h5-7,15,24H,1,8-14H2,2-4H3,(H,23,27). The Hall–Kier alpha value is -2.50. The summed E-state index contributed by atoms with van der Waals surface area (Å²) in [7, 11) is -4.10. The van der Waals surface area contributed by atoms with Crippen LogP contribution in [-0.2, 0) is 14.8 Å². The molecule has 0 saturated carbocycles. The number of rotatable bonds is 8. The number of halogens is 1. The van der Waals surface area contributed by atoms with Crippen molar-refractivity contribution in [1.29, 1.82) is 0 Å². The molecule has 0 radical (unpaired) electrons. The molecule has 0 spiro atoms. The number of nitrogens with zero attached hydrogens (tertiary/aromatic N) is 2. The molecule has 1 aromatic carbocycles. The van der Waals surface area contributed by atoms with E-state index in [0.717, 1.165) is 12.1 Å². The Morgan fingerprint density at radius 2 is 1.88 bits per heavy atom. The molecule has 1 fully saturated rings. The van der Waals surface area contributed by atoms with Crippen molar-refractivity contribution in [2.45, 2.75) is 31.3 Å². The third-order valence-corrected chi connectivity index (χ3v) is 6.08. The van der Waals surface area contributed by atoms with Crippen LogP contribution in [0.5, 0.6) is 0 Å². The lowest BCUT2D eigenvalue weighted by atomic mass is 10.2. The summed E-state index contributed by atoms with van der Waals surface area (Å²) in [5.74, 6) is -1.45. The van der Waals surface area contributed by atoms with Gasteiger partial charge in [-0.25, -0.2) is 22.3 Å². The maximum Gasteiger partial charge on any atom is 0.410 e. The molecule has 9 nitrogen and oxygen atoms in total. The quantitative estimate of drug-likeness (QED) is 0.559. The molecule has 32 heavy (non-hydrogen) atoms. The molecule has 0 atom stereocenters. The SMILES string of the molecule is C=CCNS(=O)(=O)c1cc(C(=O)NCCN2CCN(C(=O)OC(C)(C)C)CC2)ccc1F. The average molecular weight is 471 g/mol. The van der Waals surface area contributed by atoms with Crippen LogP contribution in [0.4, 0.5) is 9.18 Å². The Kier molecular flexibility index (Phi) is 8.76. The molecule has 0 aliphatic carbocycles. The Morgan fingerprint density at radius 3 is 2.47 bits per heavy atom. The predicted octanol–water partition coefficient (Wildman–Crippen LogP) is 1.57. The van der Waals surface area contributed by atoms with Crippen LogP contribution in [0.25, 0.3) is 0 Å². The molecular weight excluding hydrogens is 439 g/mol. The van der Waals surface area contributed by atoms with Crippen LogP contribution in [0.1, 0.15) is 31.1 Å². The van der Waals surface area contributed by atoms with Gasteiger partial charge in [-0.3, -0.25) is 9.69 Å². The summed E-state index contributed by atoms with van der Waals surface area (Å²) < 4.78 is 45.9. The van der Waals surface area contributed by atoms with Crippen molar-refractivity contribution in [3.63, 3.8) is 0 Å². The summed E-state index contributed by atoms with van der Waals surface area (Å²) in [6, 6.07) is 3.19. The number of piperazine rings is 1. The monoisotopic (exact) mass is 470 g/mol. The van der Waals surface area contributed by atoms with E-state index in [-0.39, 0.29) is 18.2 Å². The highest BCUT2D eigenvalue weighted by Crippen LogP contribution is 2.16. The lowest BCUT2D eigenvalue weighted by molar-refractivity contribution is 0.0147. The van der Waals surface area contributed by atoms with Crippen molar-refractivity contribution in [3.8, 4) is 0 Å². The second-order valence-corrected chi connectivity index (χ2v) is 10.1. The minimum Gasteiger partial charge on any atom is -0.444 e. The van der Waals surface area contributed by atoms with E-state index < -0.39 is 32.2 Å². The molecule has 1 aromatic rings. The minimum atomic E-state index is -4.10. The van der Waals surface area contributed by atoms with E-state index in [0.29, 0.717) is 39.3 Å². The van der Waals surface area contributed by atoms with Gasteiger partial charge in [0.1, 0.15) is 16.3 Å². The molecule has 11 heteroatoms. The zero-order chi connectivity index (χ0) is 23.9. The van der Waals surface area contributed by atoms with Gasteiger partial charge in [0, 0.05) is 51.4 Å². The van der Waals surface area contributed by atoms with Gasteiger partial charge < -0.3 is 15.0 Å². The second-order valence-electron chi connectivity index (χ2n) is 8.35. The van der Waals surface area contributed by atoms with Crippen LogP contribution >= 0.6 is 0 Å². The lowest BCUT2D eigenvalue weighted by Crippen LogP contribution is -2.51. The fourth-order valence-corrected chi connectivity index (χ4v) is 4.11. The van der Waals surface area contributed by atoms with E-state index in [2.05, 4.69) is 21.5 Å². The van der Waals surface area contributed by atoms with Crippen LogP contribution in [0.3, 0.4) is 0 Å². The molecule has 0 bridgehead atoms. The van der Waals surface area contributed by atoms with Crippen LogP contribution < -0.4 is 10.0 Å². The first-order chi connectivity index (χ1) is 14.9. The third-order valence-electron chi connectivity index (χ3n) is 4.64. The highest BCUT2D eigenvalue weighted by Gasteiger charge is 2.26. The van der Waals surface area contributed by atoms with E-state index in [4.69, 9.17) is 4.74 Å². The molecule has 2 rings (SSSR count). The Labute approximate surface area is 188 Å². The van der Waals surface area contributed by atoms with E-state index in [9.17, 15) is 22.4 Å². The van der Waals surface area contributed by atoms with Crippen LogP contribution in [0.2, 0.25) is 0 Å². The van der Waals surface area contributed by atoms with Crippen molar-refractivity contribution in [3.05, 3.63) is 42.2 Å². The number of sulfonamides is 1. The van der Waals surface area contributed by atoms with Gasteiger partial charge in [-0.1, -0.05) is 6.08 Å². The number of carbonyl (C=O) groups excluding carboxylic acids is 2. The molecule has 1 saturated heterocycles. The first-order valence-electron chi connectivity index (χ1n) is 10.3. The molecule has 2 amide bonds. The smallest absolute Gasteiger partial charge is 0.410 e. The van der Waals surface area contributed by atoms with Crippen molar-refractivity contribution in [2.75, 3.05) is 45.8 Å². The summed E-state index contributed by atoms with van der Waals surface area (Å²) in [6.45, 7) is 12.0. The fourth-order valence-electron chi connectivity index (χ4n) is 3.01. The molecule has 0 aromatic heterocycles. The molecule has 178 valence electrons.